The highest BCUT2D eigenvalue weighted by Crippen LogP contribution is 2.29. The molecule has 1 aliphatic heterocycles. The molecule has 0 unspecified atom stereocenters. The molecule has 1 heterocycles. The third-order valence-electron chi connectivity index (χ3n) is 5.03. The van der Waals surface area contributed by atoms with Crippen LogP contribution in [-0.2, 0) is 9.59 Å². The molecule has 1 saturated heterocycles. The van der Waals surface area contributed by atoms with Gasteiger partial charge in [0.05, 0.1) is 11.8 Å². The topological polar surface area (TPSA) is 66.6 Å². The van der Waals surface area contributed by atoms with E-state index >= 15 is 0 Å². The van der Waals surface area contributed by atoms with E-state index < -0.39 is 24.5 Å². The molecule has 5 nitrogen and oxygen atoms in total. The highest BCUT2D eigenvalue weighted by Gasteiger charge is 2.39. The smallest absolute Gasteiger partial charge is 0.342 e. The zero-order valence-corrected chi connectivity index (χ0v) is 14.0. The third-order valence-corrected chi connectivity index (χ3v) is 5.03. The summed E-state index contributed by atoms with van der Waals surface area (Å²) in [5.41, 5.74) is 5.97. The molecule has 2 rings (SSSR count). The van der Waals surface area contributed by atoms with Gasteiger partial charge in [0.2, 0.25) is 11.8 Å². The molecule has 2 N–H and O–H groups in total. The van der Waals surface area contributed by atoms with Crippen molar-refractivity contribution in [3.05, 3.63) is 0 Å². The largest absolute Gasteiger partial charge is 0.406 e. The highest BCUT2D eigenvalue weighted by atomic mass is 19.4. The number of carbonyl (C=O) groups excluding carboxylic acids is 2. The van der Waals surface area contributed by atoms with Gasteiger partial charge in [0, 0.05) is 25.7 Å². The molecule has 0 spiro atoms. The molecule has 2 fully saturated rings. The molecule has 2 aliphatic rings. The van der Waals surface area contributed by atoms with Gasteiger partial charge in [-0.25, -0.2) is 0 Å². The van der Waals surface area contributed by atoms with E-state index in [-0.39, 0.29) is 31.0 Å². The van der Waals surface area contributed by atoms with Crippen LogP contribution in [0.15, 0.2) is 0 Å². The van der Waals surface area contributed by atoms with Gasteiger partial charge in [-0.3, -0.25) is 9.59 Å². The van der Waals surface area contributed by atoms with Crippen LogP contribution in [0.1, 0.15) is 39.0 Å². The number of alkyl halides is 3. The number of hydrogen-bond acceptors (Lipinski definition) is 3. The molecule has 1 aliphatic carbocycles. The number of likely N-dealkylation sites (tertiary alicyclic amines) is 1. The van der Waals surface area contributed by atoms with Gasteiger partial charge < -0.3 is 15.5 Å². The van der Waals surface area contributed by atoms with Crippen LogP contribution in [0.4, 0.5) is 13.2 Å². The Morgan fingerprint density at radius 3 is 2.46 bits per heavy atom. The molecule has 0 radical (unpaired) electrons. The Morgan fingerprint density at radius 1 is 1.21 bits per heavy atom. The Balaban J connectivity index is 1.98. The minimum atomic E-state index is -4.41. The van der Waals surface area contributed by atoms with Crippen LogP contribution in [0, 0.1) is 11.8 Å². The Hall–Kier alpha value is -1.31. The maximum Gasteiger partial charge on any atom is 0.406 e. The van der Waals surface area contributed by atoms with Crippen LogP contribution < -0.4 is 5.73 Å². The van der Waals surface area contributed by atoms with Crippen LogP contribution in [0.2, 0.25) is 0 Å². The van der Waals surface area contributed by atoms with Gasteiger partial charge in [-0.2, -0.15) is 13.2 Å². The molecule has 2 amide bonds. The second-order valence-electron chi connectivity index (χ2n) is 6.79. The molecular formula is C16H26F3N3O2. The first-order chi connectivity index (χ1) is 11.2. The molecule has 0 bridgehead atoms. The van der Waals surface area contributed by atoms with Crippen LogP contribution >= 0.6 is 0 Å². The zero-order valence-electron chi connectivity index (χ0n) is 14.0. The second-order valence-corrected chi connectivity index (χ2v) is 6.79. The van der Waals surface area contributed by atoms with Gasteiger partial charge in [0.15, 0.2) is 0 Å². The summed E-state index contributed by atoms with van der Waals surface area (Å²) < 4.78 is 37.8. The van der Waals surface area contributed by atoms with E-state index in [2.05, 4.69) is 0 Å². The van der Waals surface area contributed by atoms with Gasteiger partial charge in [0.25, 0.3) is 0 Å². The van der Waals surface area contributed by atoms with E-state index in [1.165, 1.54) is 6.92 Å². The van der Waals surface area contributed by atoms with Crippen molar-refractivity contribution in [2.24, 2.45) is 17.6 Å². The number of halogens is 3. The van der Waals surface area contributed by atoms with E-state index in [4.69, 9.17) is 5.73 Å². The predicted octanol–water partition coefficient (Wildman–Crippen LogP) is 1.76. The zero-order chi connectivity index (χ0) is 17.9. The fraction of sp³-hybridized carbons (Fsp3) is 0.875. The van der Waals surface area contributed by atoms with E-state index in [0.717, 1.165) is 24.2 Å². The molecular weight excluding hydrogens is 323 g/mol. The first-order valence-corrected chi connectivity index (χ1v) is 8.62. The van der Waals surface area contributed by atoms with E-state index in [1.807, 2.05) is 0 Å². The summed E-state index contributed by atoms with van der Waals surface area (Å²) in [7, 11) is 0. The van der Waals surface area contributed by atoms with Crippen molar-refractivity contribution < 1.29 is 22.8 Å². The molecule has 0 aromatic rings. The lowest BCUT2D eigenvalue weighted by Gasteiger charge is -2.36. The van der Waals surface area contributed by atoms with Crippen LogP contribution in [0.25, 0.3) is 0 Å². The summed E-state index contributed by atoms with van der Waals surface area (Å²) in [6.07, 6.45) is -0.761. The van der Waals surface area contributed by atoms with Gasteiger partial charge >= 0.3 is 6.18 Å². The van der Waals surface area contributed by atoms with E-state index in [0.29, 0.717) is 19.4 Å². The number of hydrogen-bond donors (Lipinski definition) is 1. The summed E-state index contributed by atoms with van der Waals surface area (Å²) in [6.45, 7) is 1.07. The van der Waals surface area contributed by atoms with Gasteiger partial charge in [-0.15, -0.1) is 0 Å². The number of rotatable bonds is 4. The SMILES string of the molecule is CCN(CC(F)(F)F)C(=O)[C@@H]1CCCN(C(=O)[C@H]2CCC[C@H]2N)C1. The van der Waals surface area contributed by atoms with Crippen molar-refractivity contribution in [3.8, 4) is 0 Å². The summed E-state index contributed by atoms with van der Waals surface area (Å²) in [6, 6.07) is -0.147. The summed E-state index contributed by atoms with van der Waals surface area (Å²) in [5, 5.41) is 0. The molecule has 1 saturated carbocycles. The maximum atomic E-state index is 12.6. The van der Waals surface area contributed by atoms with Gasteiger partial charge in [-0.1, -0.05) is 6.42 Å². The van der Waals surface area contributed by atoms with Crippen molar-refractivity contribution in [1.82, 2.24) is 9.80 Å². The fourth-order valence-corrected chi connectivity index (χ4v) is 3.73. The maximum absolute atomic E-state index is 12.6. The number of carbonyl (C=O) groups is 2. The van der Waals surface area contributed by atoms with E-state index in [1.54, 1.807) is 4.90 Å². The molecule has 3 atom stereocenters. The average Bonchev–Trinajstić information content (AvgIpc) is 2.96. The quantitative estimate of drug-likeness (QED) is 0.841. The molecule has 24 heavy (non-hydrogen) atoms. The Labute approximate surface area is 140 Å². The summed E-state index contributed by atoms with van der Waals surface area (Å²) in [5.74, 6) is -1.32. The van der Waals surface area contributed by atoms with Crippen LogP contribution in [0.5, 0.6) is 0 Å². The predicted molar refractivity (Wildman–Crippen MR) is 82.9 cm³/mol. The lowest BCUT2D eigenvalue weighted by Crippen LogP contribution is -2.51. The molecule has 0 aromatic heterocycles. The Bertz CT molecular complexity index is 470. The van der Waals surface area contributed by atoms with Crippen molar-refractivity contribution in [2.75, 3.05) is 26.2 Å². The van der Waals surface area contributed by atoms with E-state index in [9.17, 15) is 22.8 Å². The summed E-state index contributed by atoms with van der Waals surface area (Å²) in [4.78, 5) is 27.5. The van der Waals surface area contributed by atoms with Crippen LogP contribution in [-0.4, -0.2) is 60.0 Å². The first kappa shape index (κ1) is 19.0. The normalized spacial score (nSPS) is 28.0. The highest BCUT2D eigenvalue weighted by molar-refractivity contribution is 5.83. The first-order valence-electron chi connectivity index (χ1n) is 8.62. The van der Waals surface area contributed by atoms with Gasteiger partial charge in [-0.05, 0) is 32.6 Å². The number of nitrogens with two attached hydrogens (primary N) is 1. The second kappa shape index (κ2) is 7.72. The van der Waals surface area contributed by atoms with Gasteiger partial charge in [0.1, 0.15) is 6.54 Å². The molecule has 0 aromatic carbocycles. The Morgan fingerprint density at radius 2 is 1.92 bits per heavy atom. The lowest BCUT2D eigenvalue weighted by molar-refractivity contribution is -0.165. The van der Waals surface area contributed by atoms with Crippen molar-refractivity contribution >= 4 is 11.8 Å². The monoisotopic (exact) mass is 349 g/mol. The third kappa shape index (κ3) is 4.62. The Kier molecular flexibility index (Phi) is 6.11. The fourth-order valence-electron chi connectivity index (χ4n) is 3.73. The standard InChI is InChI=1S/C16H26F3N3O2/c1-2-21(10-16(17,18)19)14(23)11-5-4-8-22(9-11)15(24)12-6-3-7-13(12)20/h11-13H,2-10,20H2,1H3/t11-,12+,13-/m1/s1. The number of nitrogens with zero attached hydrogens (tertiary/aromatic N) is 2. The van der Waals surface area contributed by atoms with Crippen molar-refractivity contribution in [3.63, 3.8) is 0 Å². The van der Waals surface area contributed by atoms with Crippen molar-refractivity contribution in [1.29, 1.82) is 0 Å². The molecule has 8 heteroatoms. The number of amides is 2. The number of piperidine rings is 1. The molecule has 138 valence electrons. The minimum absolute atomic E-state index is 0.0102. The van der Waals surface area contributed by atoms with Crippen molar-refractivity contribution in [2.45, 2.75) is 51.2 Å². The minimum Gasteiger partial charge on any atom is -0.342 e. The van der Waals surface area contributed by atoms with Crippen LogP contribution in [0.3, 0.4) is 0 Å². The average molecular weight is 349 g/mol. The summed E-state index contributed by atoms with van der Waals surface area (Å²) >= 11 is 0. The lowest BCUT2D eigenvalue weighted by atomic mass is 9.94.